The Balaban J connectivity index is 1.38. The molecule has 0 spiro atoms. The first-order valence-corrected chi connectivity index (χ1v) is 10.2. The average Bonchev–Trinajstić information content (AvgIpc) is 3.48. The smallest absolute Gasteiger partial charge is 0.191 e. The maximum Gasteiger partial charge on any atom is 0.191 e. The van der Waals surface area contributed by atoms with Gasteiger partial charge in [0, 0.05) is 44.1 Å². The third-order valence-corrected chi connectivity index (χ3v) is 5.77. The molecule has 1 aromatic carbocycles. The summed E-state index contributed by atoms with van der Waals surface area (Å²) in [5.41, 5.74) is 2.76. The molecule has 3 aromatic rings. The van der Waals surface area contributed by atoms with Gasteiger partial charge in [0.1, 0.15) is 0 Å². The van der Waals surface area contributed by atoms with E-state index in [-0.39, 0.29) is 5.41 Å². The van der Waals surface area contributed by atoms with Crippen LogP contribution in [0.2, 0.25) is 0 Å². The van der Waals surface area contributed by atoms with Crippen LogP contribution in [0.3, 0.4) is 0 Å². The minimum absolute atomic E-state index is 0.197. The molecule has 6 nitrogen and oxygen atoms in total. The Morgan fingerprint density at radius 3 is 2.62 bits per heavy atom. The Morgan fingerprint density at radius 2 is 1.90 bits per heavy atom. The third kappa shape index (κ3) is 4.47. The number of guanidine groups is 1. The molecule has 0 bridgehead atoms. The second-order valence-corrected chi connectivity index (χ2v) is 7.61. The Morgan fingerprint density at radius 1 is 1.07 bits per heavy atom. The van der Waals surface area contributed by atoms with Gasteiger partial charge in [0.15, 0.2) is 11.8 Å². The summed E-state index contributed by atoms with van der Waals surface area (Å²) in [5, 5.41) is 11.2. The van der Waals surface area contributed by atoms with Gasteiger partial charge in [-0.3, -0.25) is 4.99 Å². The molecule has 1 aliphatic carbocycles. The Hall–Kier alpha value is -3.15. The van der Waals surface area contributed by atoms with Crippen molar-refractivity contribution in [3.8, 4) is 5.82 Å². The van der Waals surface area contributed by atoms with Gasteiger partial charge in [0.2, 0.25) is 0 Å². The maximum atomic E-state index is 4.42. The van der Waals surface area contributed by atoms with Crippen molar-refractivity contribution in [3.05, 3.63) is 78.2 Å². The predicted molar refractivity (Wildman–Crippen MR) is 116 cm³/mol. The van der Waals surface area contributed by atoms with E-state index in [2.05, 4.69) is 56.0 Å². The summed E-state index contributed by atoms with van der Waals surface area (Å²) in [6.45, 7) is 1.57. The van der Waals surface area contributed by atoms with E-state index in [9.17, 15) is 0 Å². The highest BCUT2D eigenvalue weighted by atomic mass is 15.3. The van der Waals surface area contributed by atoms with Crippen molar-refractivity contribution in [2.75, 3.05) is 13.6 Å². The Labute approximate surface area is 172 Å². The summed E-state index contributed by atoms with van der Waals surface area (Å²) in [6.07, 6.45) is 10.5. The monoisotopic (exact) mass is 388 g/mol. The van der Waals surface area contributed by atoms with Crippen molar-refractivity contribution >= 4 is 5.96 Å². The van der Waals surface area contributed by atoms with Crippen LogP contribution in [-0.4, -0.2) is 34.3 Å². The second kappa shape index (κ2) is 8.90. The van der Waals surface area contributed by atoms with Gasteiger partial charge in [0.05, 0.1) is 0 Å². The van der Waals surface area contributed by atoms with Crippen LogP contribution in [0, 0.1) is 0 Å². The van der Waals surface area contributed by atoms with Crippen molar-refractivity contribution in [1.29, 1.82) is 0 Å². The molecule has 6 heteroatoms. The van der Waals surface area contributed by atoms with E-state index >= 15 is 0 Å². The van der Waals surface area contributed by atoms with E-state index in [4.69, 9.17) is 0 Å². The van der Waals surface area contributed by atoms with Gasteiger partial charge in [-0.2, -0.15) is 5.10 Å². The van der Waals surface area contributed by atoms with E-state index in [1.54, 1.807) is 10.9 Å². The Bertz CT molecular complexity index is 927. The highest BCUT2D eigenvalue weighted by molar-refractivity contribution is 5.79. The zero-order valence-corrected chi connectivity index (χ0v) is 16.9. The number of nitrogens with zero attached hydrogens (tertiary/aromatic N) is 4. The molecule has 0 atom stereocenters. The fourth-order valence-electron chi connectivity index (χ4n) is 4.17. The highest BCUT2D eigenvalue weighted by Gasteiger charge is 2.35. The molecular formula is C23H28N6. The summed E-state index contributed by atoms with van der Waals surface area (Å²) in [4.78, 5) is 8.81. The number of pyridine rings is 1. The highest BCUT2D eigenvalue weighted by Crippen LogP contribution is 2.40. The summed E-state index contributed by atoms with van der Waals surface area (Å²) in [5.74, 6) is 1.64. The lowest BCUT2D eigenvalue weighted by Gasteiger charge is -2.30. The van der Waals surface area contributed by atoms with E-state index in [0.717, 1.165) is 23.9 Å². The SMILES string of the molecule is CN=C(NCc1ccnc(-n2cccn2)c1)NCC1(c2ccccc2)CCCC1. The molecular weight excluding hydrogens is 360 g/mol. The van der Waals surface area contributed by atoms with Gasteiger partial charge in [-0.15, -0.1) is 0 Å². The number of hydrogen-bond donors (Lipinski definition) is 2. The van der Waals surface area contributed by atoms with Crippen LogP contribution in [0.1, 0.15) is 36.8 Å². The molecule has 150 valence electrons. The van der Waals surface area contributed by atoms with Crippen LogP contribution in [0.25, 0.3) is 5.82 Å². The van der Waals surface area contributed by atoms with Gasteiger partial charge in [-0.25, -0.2) is 9.67 Å². The average molecular weight is 389 g/mol. The van der Waals surface area contributed by atoms with E-state index < -0.39 is 0 Å². The number of benzene rings is 1. The Kier molecular flexibility index (Phi) is 5.89. The number of aliphatic imine (C=N–C) groups is 1. The predicted octanol–water partition coefficient (Wildman–Crippen LogP) is 3.44. The molecule has 0 saturated heterocycles. The lowest BCUT2D eigenvalue weighted by atomic mass is 9.79. The molecule has 2 N–H and O–H groups in total. The van der Waals surface area contributed by atoms with Crippen LogP contribution in [0.15, 0.2) is 72.1 Å². The maximum absolute atomic E-state index is 4.42. The molecule has 29 heavy (non-hydrogen) atoms. The molecule has 1 fully saturated rings. The van der Waals surface area contributed by atoms with Gasteiger partial charge in [0.25, 0.3) is 0 Å². The molecule has 2 heterocycles. The van der Waals surface area contributed by atoms with Crippen molar-refractivity contribution < 1.29 is 0 Å². The van der Waals surface area contributed by atoms with E-state index in [1.165, 1.54) is 31.2 Å². The fourth-order valence-corrected chi connectivity index (χ4v) is 4.17. The van der Waals surface area contributed by atoms with Crippen molar-refractivity contribution in [3.63, 3.8) is 0 Å². The van der Waals surface area contributed by atoms with Gasteiger partial charge in [-0.1, -0.05) is 43.2 Å². The summed E-state index contributed by atoms with van der Waals surface area (Å²) < 4.78 is 1.76. The molecule has 1 saturated carbocycles. The van der Waals surface area contributed by atoms with Gasteiger partial charge >= 0.3 is 0 Å². The zero-order valence-electron chi connectivity index (χ0n) is 16.9. The normalized spacial score (nSPS) is 16.0. The summed E-state index contributed by atoms with van der Waals surface area (Å²) in [6, 6.07) is 16.8. The van der Waals surface area contributed by atoms with Crippen molar-refractivity contribution in [2.24, 2.45) is 4.99 Å². The fraction of sp³-hybridized carbons (Fsp3) is 0.348. The standard InChI is InChI=1S/C23H28N6/c1-24-22(26-17-19-10-14-25-21(16-19)29-15-7-13-28-29)27-18-23(11-5-6-12-23)20-8-3-2-4-9-20/h2-4,7-10,13-16H,5-6,11-12,17-18H2,1H3,(H2,24,26,27). The van der Waals surface area contributed by atoms with Gasteiger partial charge in [-0.05, 0) is 42.2 Å². The molecule has 0 aliphatic heterocycles. The minimum Gasteiger partial charge on any atom is -0.356 e. The first-order chi connectivity index (χ1) is 14.3. The molecule has 0 amide bonds. The van der Waals surface area contributed by atoms with E-state index in [1.807, 2.05) is 37.6 Å². The number of hydrogen-bond acceptors (Lipinski definition) is 3. The minimum atomic E-state index is 0.197. The van der Waals surface area contributed by atoms with Gasteiger partial charge < -0.3 is 10.6 Å². The molecule has 1 aliphatic rings. The number of nitrogens with one attached hydrogen (secondary N) is 2. The van der Waals surface area contributed by atoms with Crippen LogP contribution in [-0.2, 0) is 12.0 Å². The molecule has 0 radical (unpaired) electrons. The van der Waals surface area contributed by atoms with Crippen LogP contribution >= 0.6 is 0 Å². The molecule has 0 unspecified atom stereocenters. The first kappa shape index (κ1) is 19.2. The van der Waals surface area contributed by atoms with E-state index in [0.29, 0.717) is 6.54 Å². The topological polar surface area (TPSA) is 67.1 Å². The lowest BCUT2D eigenvalue weighted by molar-refractivity contribution is 0.431. The molecule has 2 aromatic heterocycles. The second-order valence-electron chi connectivity index (χ2n) is 7.61. The quantitative estimate of drug-likeness (QED) is 0.501. The first-order valence-electron chi connectivity index (χ1n) is 10.2. The lowest BCUT2D eigenvalue weighted by Crippen LogP contribution is -2.44. The largest absolute Gasteiger partial charge is 0.356 e. The number of rotatable bonds is 6. The molecule has 4 rings (SSSR count). The van der Waals surface area contributed by atoms with Crippen molar-refractivity contribution in [2.45, 2.75) is 37.6 Å². The third-order valence-electron chi connectivity index (χ3n) is 5.77. The van der Waals surface area contributed by atoms with Crippen molar-refractivity contribution in [1.82, 2.24) is 25.4 Å². The summed E-state index contributed by atoms with van der Waals surface area (Å²) in [7, 11) is 1.82. The number of aromatic nitrogens is 3. The van der Waals surface area contributed by atoms with Crippen LogP contribution in [0.5, 0.6) is 0 Å². The van der Waals surface area contributed by atoms with Crippen LogP contribution < -0.4 is 10.6 Å². The zero-order chi connectivity index (χ0) is 19.9. The summed E-state index contributed by atoms with van der Waals surface area (Å²) >= 11 is 0. The van der Waals surface area contributed by atoms with Crippen LogP contribution in [0.4, 0.5) is 0 Å².